The molecular weight excluding hydrogens is 311 g/mol. The standard InChI is InChI=1S/C15H10F3N3O2/c16-15(17,18)11-3-1-2-10(7-11)14(22)23-8-9-4-5-12-13(6-9)20-21-19-12/h1-7H,8H2,(H,19,20,21). The molecule has 0 amide bonds. The van der Waals surface area contributed by atoms with Crippen LogP contribution in [0, 0.1) is 0 Å². The SMILES string of the molecule is O=C(OCc1ccc2n[nH]nc2c1)c1cccc(C(F)(F)F)c1. The van der Waals surface area contributed by atoms with Crippen LogP contribution in [0.2, 0.25) is 0 Å². The van der Waals surface area contributed by atoms with Gasteiger partial charge >= 0.3 is 12.1 Å². The summed E-state index contributed by atoms with van der Waals surface area (Å²) >= 11 is 0. The van der Waals surface area contributed by atoms with E-state index in [-0.39, 0.29) is 12.2 Å². The minimum absolute atomic E-state index is 0.0715. The van der Waals surface area contributed by atoms with Crippen LogP contribution in [0.1, 0.15) is 21.5 Å². The van der Waals surface area contributed by atoms with E-state index in [1.165, 1.54) is 12.1 Å². The van der Waals surface area contributed by atoms with Crippen molar-refractivity contribution in [1.82, 2.24) is 15.4 Å². The number of H-pyrrole nitrogens is 1. The first kappa shape index (κ1) is 15.0. The van der Waals surface area contributed by atoms with Crippen molar-refractivity contribution in [2.45, 2.75) is 12.8 Å². The number of aromatic amines is 1. The van der Waals surface area contributed by atoms with Crippen LogP contribution in [0.25, 0.3) is 11.0 Å². The molecule has 5 nitrogen and oxygen atoms in total. The largest absolute Gasteiger partial charge is 0.457 e. The number of hydrogen-bond acceptors (Lipinski definition) is 4. The number of aromatic nitrogens is 3. The van der Waals surface area contributed by atoms with Crippen molar-refractivity contribution < 1.29 is 22.7 Å². The maximum absolute atomic E-state index is 12.6. The van der Waals surface area contributed by atoms with Crippen LogP contribution in [0.3, 0.4) is 0 Å². The van der Waals surface area contributed by atoms with Gasteiger partial charge in [0.15, 0.2) is 0 Å². The first-order chi connectivity index (χ1) is 10.9. The molecule has 0 aliphatic heterocycles. The quantitative estimate of drug-likeness (QED) is 0.751. The molecule has 1 heterocycles. The predicted molar refractivity (Wildman–Crippen MR) is 74.5 cm³/mol. The number of ether oxygens (including phenoxy) is 1. The monoisotopic (exact) mass is 321 g/mol. The number of esters is 1. The lowest BCUT2D eigenvalue weighted by Crippen LogP contribution is -2.09. The molecule has 0 saturated carbocycles. The molecule has 118 valence electrons. The number of hydrogen-bond donors (Lipinski definition) is 1. The van der Waals surface area contributed by atoms with Gasteiger partial charge in [0.05, 0.1) is 11.1 Å². The lowest BCUT2D eigenvalue weighted by atomic mass is 10.1. The Bertz CT molecular complexity index is 858. The van der Waals surface area contributed by atoms with E-state index in [1.54, 1.807) is 18.2 Å². The fraction of sp³-hybridized carbons (Fsp3) is 0.133. The fourth-order valence-corrected chi connectivity index (χ4v) is 2.03. The van der Waals surface area contributed by atoms with Gasteiger partial charge in [0, 0.05) is 0 Å². The van der Waals surface area contributed by atoms with E-state index in [2.05, 4.69) is 15.4 Å². The summed E-state index contributed by atoms with van der Waals surface area (Å²) in [4.78, 5) is 11.9. The van der Waals surface area contributed by atoms with Gasteiger partial charge in [-0.05, 0) is 35.9 Å². The van der Waals surface area contributed by atoms with Crippen molar-refractivity contribution in [1.29, 1.82) is 0 Å². The summed E-state index contributed by atoms with van der Waals surface area (Å²) in [6.45, 7) is -0.0715. The van der Waals surface area contributed by atoms with E-state index in [9.17, 15) is 18.0 Å². The molecule has 0 saturated heterocycles. The number of carbonyl (C=O) groups is 1. The molecule has 0 bridgehead atoms. The number of halogens is 3. The number of carbonyl (C=O) groups excluding carboxylic acids is 1. The second kappa shape index (κ2) is 5.71. The summed E-state index contributed by atoms with van der Waals surface area (Å²) in [5.41, 5.74) is 0.889. The Kier molecular flexibility index (Phi) is 3.73. The molecule has 23 heavy (non-hydrogen) atoms. The molecule has 0 atom stereocenters. The number of rotatable bonds is 3. The van der Waals surface area contributed by atoms with Gasteiger partial charge < -0.3 is 4.74 Å². The first-order valence-corrected chi connectivity index (χ1v) is 6.57. The highest BCUT2D eigenvalue weighted by molar-refractivity contribution is 5.89. The van der Waals surface area contributed by atoms with E-state index < -0.39 is 17.7 Å². The number of benzene rings is 2. The first-order valence-electron chi connectivity index (χ1n) is 6.57. The third-order valence-electron chi connectivity index (χ3n) is 3.18. The van der Waals surface area contributed by atoms with Gasteiger partial charge in [-0.2, -0.15) is 28.6 Å². The van der Waals surface area contributed by atoms with Gasteiger partial charge in [0.1, 0.15) is 17.6 Å². The van der Waals surface area contributed by atoms with Crippen LogP contribution in [0.15, 0.2) is 42.5 Å². The summed E-state index contributed by atoms with van der Waals surface area (Å²) in [6.07, 6.45) is -4.51. The molecule has 3 aromatic rings. The zero-order valence-corrected chi connectivity index (χ0v) is 11.6. The molecule has 0 fully saturated rings. The molecular formula is C15H10F3N3O2. The minimum atomic E-state index is -4.51. The molecule has 0 aliphatic rings. The smallest absolute Gasteiger partial charge is 0.416 e. The van der Waals surface area contributed by atoms with Crippen molar-refractivity contribution in [3.05, 3.63) is 59.2 Å². The number of fused-ring (bicyclic) bond motifs is 1. The highest BCUT2D eigenvalue weighted by atomic mass is 19.4. The number of alkyl halides is 3. The average molecular weight is 321 g/mol. The lowest BCUT2D eigenvalue weighted by molar-refractivity contribution is -0.137. The lowest BCUT2D eigenvalue weighted by Gasteiger charge is -2.09. The summed E-state index contributed by atoms with van der Waals surface area (Å²) in [6, 6.07) is 9.19. The van der Waals surface area contributed by atoms with Crippen LogP contribution in [0.4, 0.5) is 13.2 Å². The van der Waals surface area contributed by atoms with Gasteiger partial charge in [-0.3, -0.25) is 0 Å². The fourth-order valence-electron chi connectivity index (χ4n) is 2.03. The van der Waals surface area contributed by atoms with Gasteiger partial charge in [-0.25, -0.2) is 4.79 Å². The Morgan fingerprint density at radius 2 is 1.87 bits per heavy atom. The Labute approximate surface area is 128 Å². The molecule has 8 heteroatoms. The Morgan fingerprint density at radius 3 is 2.65 bits per heavy atom. The van der Waals surface area contributed by atoms with E-state index in [0.717, 1.165) is 12.1 Å². The molecule has 3 rings (SSSR count). The third kappa shape index (κ3) is 3.31. The molecule has 1 N–H and O–H groups in total. The molecule has 0 aliphatic carbocycles. The van der Waals surface area contributed by atoms with Crippen LogP contribution < -0.4 is 0 Å². The Morgan fingerprint density at radius 1 is 1.09 bits per heavy atom. The average Bonchev–Trinajstić information content (AvgIpc) is 2.99. The number of nitrogens with one attached hydrogen (secondary N) is 1. The summed E-state index contributed by atoms with van der Waals surface area (Å²) in [7, 11) is 0. The highest BCUT2D eigenvalue weighted by Crippen LogP contribution is 2.29. The van der Waals surface area contributed by atoms with E-state index in [1.807, 2.05) is 0 Å². The van der Waals surface area contributed by atoms with Crippen molar-refractivity contribution in [3.8, 4) is 0 Å². The van der Waals surface area contributed by atoms with E-state index >= 15 is 0 Å². The van der Waals surface area contributed by atoms with Gasteiger partial charge in [0.2, 0.25) is 0 Å². The zero-order valence-electron chi connectivity index (χ0n) is 11.6. The maximum Gasteiger partial charge on any atom is 0.416 e. The molecule has 0 spiro atoms. The number of nitrogens with zero attached hydrogens (tertiary/aromatic N) is 2. The van der Waals surface area contributed by atoms with Gasteiger partial charge in [-0.1, -0.05) is 12.1 Å². The normalized spacial score (nSPS) is 11.6. The molecule has 0 radical (unpaired) electrons. The van der Waals surface area contributed by atoms with Gasteiger partial charge in [0.25, 0.3) is 0 Å². The van der Waals surface area contributed by atoms with Crippen LogP contribution in [-0.4, -0.2) is 21.4 Å². The zero-order chi connectivity index (χ0) is 16.4. The topological polar surface area (TPSA) is 67.9 Å². The predicted octanol–water partition coefficient (Wildman–Crippen LogP) is 3.33. The van der Waals surface area contributed by atoms with Crippen LogP contribution in [-0.2, 0) is 17.5 Å². The molecule has 2 aromatic carbocycles. The van der Waals surface area contributed by atoms with Crippen molar-refractivity contribution >= 4 is 17.0 Å². The van der Waals surface area contributed by atoms with Crippen molar-refractivity contribution in [3.63, 3.8) is 0 Å². The Balaban J connectivity index is 1.71. The van der Waals surface area contributed by atoms with Crippen molar-refractivity contribution in [2.24, 2.45) is 0 Å². The summed E-state index contributed by atoms with van der Waals surface area (Å²) < 4.78 is 42.9. The maximum atomic E-state index is 12.6. The van der Waals surface area contributed by atoms with Crippen LogP contribution >= 0.6 is 0 Å². The Hall–Kier alpha value is -2.90. The second-order valence-corrected chi connectivity index (χ2v) is 4.80. The molecule has 0 unspecified atom stereocenters. The third-order valence-corrected chi connectivity index (χ3v) is 3.18. The van der Waals surface area contributed by atoms with Gasteiger partial charge in [-0.15, -0.1) is 0 Å². The van der Waals surface area contributed by atoms with E-state index in [4.69, 9.17) is 4.74 Å². The minimum Gasteiger partial charge on any atom is -0.457 e. The second-order valence-electron chi connectivity index (χ2n) is 4.80. The van der Waals surface area contributed by atoms with Crippen LogP contribution in [0.5, 0.6) is 0 Å². The van der Waals surface area contributed by atoms with Crippen molar-refractivity contribution in [2.75, 3.05) is 0 Å². The molecule has 1 aromatic heterocycles. The summed E-state index contributed by atoms with van der Waals surface area (Å²) in [5.74, 6) is -0.823. The highest BCUT2D eigenvalue weighted by Gasteiger charge is 2.31. The summed E-state index contributed by atoms with van der Waals surface area (Å²) in [5, 5.41) is 10.2. The van der Waals surface area contributed by atoms with E-state index in [0.29, 0.717) is 16.6 Å².